The van der Waals surface area contributed by atoms with Crippen molar-refractivity contribution in [1.82, 2.24) is 9.80 Å². The molecule has 4 nitrogen and oxygen atoms in total. The SMILES string of the molecule is O=C(N1CCN(Cc2ccccc2)CC1)C1(O)CCSC1. The number of thioether (sulfide) groups is 1. The predicted octanol–water partition coefficient (Wildman–Crippen LogP) is 1.20. The fourth-order valence-electron chi connectivity index (χ4n) is 2.97. The number of benzene rings is 1. The molecule has 0 saturated carbocycles. The fraction of sp³-hybridized carbons (Fsp3) is 0.562. The van der Waals surface area contributed by atoms with Crippen LogP contribution in [0.25, 0.3) is 0 Å². The number of carbonyl (C=O) groups excluding carboxylic acids is 1. The lowest BCUT2D eigenvalue weighted by Gasteiger charge is -2.37. The van der Waals surface area contributed by atoms with Crippen LogP contribution in [0.2, 0.25) is 0 Å². The molecule has 114 valence electrons. The van der Waals surface area contributed by atoms with Crippen LogP contribution in [0.1, 0.15) is 12.0 Å². The lowest BCUT2D eigenvalue weighted by molar-refractivity contribution is -0.150. The third kappa shape index (κ3) is 3.42. The fourth-order valence-corrected chi connectivity index (χ4v) is 4.20. The van der Waals surface area contributed by atoms with Gasteiger partial charge in [-0.2, -0.15) is 11.8 Å². The zero-order chi connectivity index (χ0) is 14.7. The van der Waals surface area contributed by atoms with Crippen molar-refractivity contribution in [3.8, 4) is 0 Å². The molecule has 21 heavy (non-hydrogen) atoms. The number of aliphatic hydroxyl groups is 1. The van der Waals surface area contributed by atoms with Crippen LogP contribution in [-0.4, -0.2) is 64.1 Å². The van der Waals surface area contributed by atoms with E-state index in [0.717, 1.165) is 38.5 Å². The molecule has 2 fully saturated rings. The maximum absolute atomic E-state index is 12.4. The van der Waals surface area contributed by atoms with Crippen molar-refractivity contribution >= 4 is 17.7 Å². The van der Waals surface area contributed by atoms with Crippen molar-refractivity contribution in [3.05, 3.63) is 35.9 Å². The summed E-state index contributed by atoms with van der Waals surface area (Å²) in [6, 6.07) is 10.4. The molecule has 0 spiro atoms. The molecule has 2 heterocycles. The molecule has 0 radical (unpaired) electrons. The molecular weight excluding hydrogens is 284 g/mol. The zero-order valence-corrected chi connectivity index (χ0v) is 13.0. The van der Waals surface area contributed by atoms with Crippen LogP contribution in [-0.2, 0) is 11.3 Å². The van der Waals surface area contributed by atoms with Crippen molar-refractivity contribution in [2.75, 3.05) is 37.7 Å². The highest BCUT2D eigenvalue weighted by molar-refractivity contribution is 7.99. The van der Waals surface area contributed by atoms with E-state index in [1.807, 2.05) is 11.0 Å². The van der Waals surface area contributed by atoms with E-state index < -0.39 is 5.60 Å². The molecular formula is C16H22N2O2S. The van der Waals surface area contributed by atoms with Gasteiger partial charge in [0.05, 0.1) is 0 Å². The average Bonchev–Trinajstić information content (AvgIpc) is 2.96. The summed E-state index contributed by atoms with van der Waals surface area (Å²) >= 11 is 1.67. The molecule has 2 saturated heterocycles. The Morgan fingerprint density at radius 1 is 1.19 bits per heavy atom. The van der Waals surface area contributed by atoms with Gasteiger partial charge in [-0.1, -0.05) is 30.3 Å². The maximum atomic E-state index is 12.4. The molecule has 1 atom stereocenters. The maximum Gasteiger partial charge on any atom is 0.255 e. The minimum absolute atomic E-state index is 0.0631. The Labute approximate surface area is 130 Å². The number of rotatable bonds is 3. The summed E-state index contributed by atoms with van der Waals surface area (Å²) in [4.78, 5) is 16.6. The van der Waals surface area contributed by atoms with Crippen molar-refractivity contribution < 1.29 is 9.90 Å². The highest BCUT2D eigenvalue weighted by Gasteiger charge is 2.42. The Hall–Kier alpha value is -1.04. The summed E-state index contributed by atoms with van der Waals surface area (Å²) in [5.41, 5.74) is 0.204. The van der Waals surface area contributed by atoms with Crippen molar-refractivity contribution in [3.63, 3.8) is 0 Å². The summed E-state index contributed by atoms with van der Waals surface area (Å²) in [5.74, 6) is 1.37. The molecule has 1 N–H and O–H groups in total. The number of nitrogens with zero attached hydrogens (tertiary/aromatic N) is 2. The Morgan fingerprint density at radius 2 is 1.90 bits per heavy atom. The van der Waals surface area contributed by atoms with E-state index in [1.165, 1.54) is 5.56 Å². The first-order valence-corrected chi connectivity index (χ1v) is 8.69. The van der Waals surface area contributed by atoms with Crippen LogP contribution < -0.4 is 0 Å². The third-order valence-corrected chi connectivity index (χ3v) is 5.48. The van der Waals surface area contributed by atoms with Gasteiger partial charge in [0, 0.05) is 38.5 Å². The molecule has 0 aromatic heterocycles. The van der Waals surface area contributed by atoms with Gasteiger partial charge in [-0.15, -0.1) is 0 Å². The van der Waals surface area contributed by atoms with Crippen molar-refractivity contribution in [1.29, 1.82) is 0 Å². The van der Waals surface area contributed by atoms with Crippen LogP contribution >= 0.6 is 11.8 Å². The largest absolute Gasteiger partial charge is 0.379 e. The lowest BCUT2D eigenvalue weighted by Crippen LogP contribution is -2.55. The van der Waals surface area contributed by atoms with Gasteiger partial charge in [0.1, 0.15) is 0 Å². The summed E-state index contributed by atoms with van der Waals surface area (Å²) in [6.45, 7) is 4.13. The van der Waals surface area contributed by atoms with Gasteiger partial charge >= 0.3 is 0 Å². The van der Waals surface area contributed by atoms with Gasteiger partial charge in [0.25, 0.3) is 5.91 Å². The van der Waals surface area contributed by atoms with Crippen LogP contribution in [0.5, 0.6) is 0 Å². The Kier molecular flexibility index (Phi) is 4.52. The lowest BCUT2D eigenvalue weighted by atomic mass is 10.0. The Morgan fingerprint density at radius 3 is 2.52 bits per heavy atom. The standard InChI is InChI=1S/C16H22N2O2S/c19-15(16(20)6-11-21-13-16)18-9-7-17(8-10-18)12-14-4-2-1-3-5-14/h1-5,20H,6-13H2. The zero-order valence-electron chi connectivity index (χ0n) is 12.2. The molecule has 2 aliphatic heterocycles. The van der Waals surface area contributed by atoms with E-state index in [-0.39, 0.29) is 5.91 Å². The Bertz CT molecular complexity index is 480. The quantitative estimate of drug-likeness (QED) is 0.911. The van der Waals surface area contributed by atoms with Gasteiger partial charge < -0.3 is 10.0 Å². The monoisotopic (exact) mass is 306 g/mol. The van der Waals surface area contributed by atoms with Crippen LogP contribution in [0, 0.1) is 0 Å². The number of piperazine rings is 1. The first-order valence-electron chi connectivity index (χ1n) is 7.53. The van der Waals surface area contributed by atoms with Crippen LogP contribution in [0.4, 0.5) is 0 Å². The normalized spacial score (nSPS) is 27.0. The Balaban J connectivity index is 1.52. The van der Waals surface area contributed by atoms with Gasteiger partial charge in [0.15, 0.2) is 5.60 Å². The van der Waals surface area contributed by atoms with E-state index in [2.05, 4.69) is 29.2 Å². The molecule has 5 heteroatoms. The molecule has 1 aromatic rings. The molecule has 3 rings (SSSR count). The third-order valence-electron chi connectivity index (χ3n) is 4.31. The highest BCUT2D eigenvalue weighted by Crippen LogP contribution is 2.29. The molecule has 0 aliphatic carbocycles. The second-order valence-corrected chi connectivity index (χ2v) is 6.99. The molecule has 2 aliphatic rings. The number of hydrogen-bond acceptors (Lipinski definition) is 4. The molecule has 1 aromatic carbocycles. The van der Waals surface area contributed by atoms with E-state index >= 15 is 0 Å². The van der Waals surface area contributed by atoms with E-state index in [4.69, 9.17) is 0 Å². The second-order valence-electron chi connectivity index (χ2n) is 5.89. The van der Waals surface area contributed by atoms with Gasteiger partial charge in [0.2, 0.25) is 0 Å². The summed E-state index contributed by atoms with van der Waals surface area (Å²) in [7, 11) is 0. The predicted molar refractivity (Wildman–Crippen MR) is 85.2 cm³/mol. The number of amides is 1. The minimum Gasteiger partial charge on any atom is -0.379 e. The van der Waals surface area contributed by atoms with E-state index in [9.17, 15) is 9.90 Å². The molecule has 0 bridgehead atoms. The van der Waals surface area contributed by atoms with Gasteiger partial charge in [-0.05, 0) is 17.7 Å². The first kappa shape index (κ1) is 14.9. The van der Waals surface area contributed by atoms with E-state index in [1.54, 1.807) is 11.8 Å². The highest BCUT2D eigenvalue weighted by atomic mass is 32.2. The van der Waals surface area contributed by atoms with Gasteiger partial charge in [-0.25, -0.2) is 0 Å². The number of hydrogen-bond donors (Lipinski definition) is 1. The van der Waals surface area contributed by atoms with Crippen molar-refractivity contribution in [2.24, 2.45) is 0 Å². The summed E-state index contributed by atoms with van der Waals surface area (Å²) < 4.78 is 0. The average molecular weight is 306 g/mol. The smallest absolute Gasteiger partial charge is 0.255 e. The topological polar surface area (TPSA) is 43.8 Å². The second kappa shape index (κ2) is 6.38. The van der Waals surface area contributed by atoms with Crippen LogP contribution in [0.15, 0.2) is 30.3 Å². The molecule has 1 unspecified atom stereocenters. The summed E-state index contributed by atoms with van der Waals surface area (Å²) in [5, 5.41) is 10.4. The summed E-state index contributed by atoms with van der Waals surface area (Å²) in [6.07, 6.45) is 0.598. The minimum atomic E-state index is -1.10. The number of carbonyl (C=O) groups is 1. The van der Waals surface area contributed by atoms with Crippen molar-refractivity contribution in [2.45, 2.75) is 18.6 Å². The first-order chi connectivity index (χ1) is 10.2. The van der Waals surface area contributed by atoms with Crippen LogP contribution in [0.3, 0.4) is 0 Å². The van der Waals surface area contributed by atoms with Gasteiger partial charge in [-0.3, -0.25) is 9.69 Å². The van der Waals surface area contributed by atoms with E-state index in [0.29, 0.717) is 12.2 Å². The molecule has 1 amide bonds.